The van der Waals surface area contributed by atoms with Gasteiger partial charge in [-0.1, -0.05) is 0 Å². The van der Waals surface area contributed by atoms with Gasteiger partial charge in [0.25, 0.3) is 5.69 Å². The van der Waals surface area contributed by atoms with Crippen molar-refractivity contribution in [3.05, 3.63) is 39.0 Å². The van der Waals surface area contributed by atoms with Crippen LogP contribution in [0.3, 0.4) is 0 Å². The van der Waals surface area contributed by atoms with E-state index in [2.05, 4.69) is 20.9 Å². The summed E-state index contributed by atoms with van der Waals surface area (Å²) >= 11 is 3.20. The Morgan fingerprint density at radius 1 is 1.38 bits per heavy atom. The van der Waals surface area contributed by atoms with E-state index in [-0.39, 0.29) is 5.69 Å². The molecule has 13 heavy (non-hydrogen) atoms. The minimum Gasteiger partial charge on any atom is -0.361 e. The molecule has 1 N–H and O–H groups in total. The molecule has 0 aliphatic heterocycles. The molecule has 66 valence electrons. The van der Waals surface area contributed by atoms with Crippen molar-refractivity contribution in [3.8, 4) is 0 Å². The summed E-state index contributed by atoms with van der Waals surface area (Å²) in [5, 5.41) is 11.4. The summed E-state index contributed by atoms with van der Waals surface area (Å²) in [6, 6.07) is 4.97. The van der Waals surface area contributed by atoms with Crippen LogP contribution in [-0.2, 0) is 0 Å². The number of nitrogens with one attached hydrogen (secondary N) is 1. The predicted octanol–water partition coefficient (Wildman–Crippen LogP) is 2.84. The van der Waals surface area contributed by atoms with Crippen LogP contribution in [0, 0.1) is 10.1 Å². The van der Waals surface area contributed by atoms with E-state index in [4.69, 9.17) is 0 Å². The molecular weight excluding hydrogens is 236 g/mol. The molecule has 1 aromatic heterocycles. The van der Waals surface area contributed by atoms with Crippen LogP contribution in [0.2, 0.25) is 0 Å². The van der Waals surface area contributed by atoms with Crippen molar-refractivity contribution in [2.45, 2.75) is 0 Å². The average Bonchev–Trinajstić information content (AvgIpc) is 2.52. The maximum absolute atomic E-state index is 10.6. The van der Waals surface area contributed by atoms with Crippen LogP contribution in [0.1, 0.15) is 0 Å². The van der Waals surface area contributed by atoms with Gasteiger partial charge in [0.15, 0.2) is 0 Å². The number of H-pyrrole nitrogens is 1. The minimum atomic E-state index is -0.406. The van der Waals surface area contributed by atoms with E-state index in [1.54, 1.807) is 18.3 Å². The van der Waals surface area contributed by atoms with E-state index in [0.29, 0.717) is 4.47 Å². The molecule has 0 radical (unpaired) electrons. The van der Waals surface area contributed by atoms with Crippen LogP contribution in [0.4, 0.5) is 5.69 Å². The van der Waals surface area contributed by atoms with E-state index in [9.17, 15) is 10.1 Å². The number of aromatic nitrogens is 1. The zero-order valence-electron chi connectivity index (χ0n) is 6.45. The number of benzene rings is 1. The molecule has 0 saturated carbocycles. The molecule has 0 fully saturated rings. The molecule has 0 saturated heterocycles. The number of hydrogen-bond acceptors (Lipinski definition) is 2. The Morgan fingerprint density at radius 2 is 2.15 bits per heavy atom. The Hall–Kier alpha value is -1.36. The van der Waals surface area contributed by atoms with Crippen molar-refractivity contribution in [3.63, 3.8) is 0 Å². The van der Waals surface area contributed by atoms with Gasteiger partial charge in [-0.3, -0.25) is 10.1 Å². The molecule has 2 aromatic rings. The molecule has 1 aromatic carbocycles. The lowest BCUT2D eigenvalue weighted by atomic mass is 10.2. The quantitative estimate of drug-likeness (QED) is 0.616. The number of fused-ring (bicyclic) bond motifs is 1. The Kier molecular flexibility index (Phi) is 1.81. The standard InChI is InChI=1S/C8H5BrN2O2/c9-8-5-3-4-10-6(5)1-2-7(8)11(12)13/h1-4,10H. The highest BCUT2D eigenvalue weighted by atomic mass is 79.9. The van der Waals surface area contributed by atoms with Gasteiger partial charge in [-0.15, -0.1) is 0 Å². The predicted molar refractivity (Wildman–Crippen MR) is 52.7 cm³/mol. The SMILES string of the molecule is O=[N+]([O-])c1ccc2[nH]ccc2c1Br. The second-order valence-electron chi connectivity index (χ2n) is 2.59. The van der Waals surface area contributed by atoms with E-state index in [1.165, 1.54) is 6.07 Å². The third-order valence-corrected chi connectivity index (χ3v) is 2.68. The van der Waals surface area contributed by atoms with Crippen molar-refractivity contribution in [1.29, 1.82) is 0 Å². The molecule has 0 unspecified atom stereocenters. The van der Waals surface area contributed by atoms with E-state index in [0.717, 1.165) is 10.9 Å². The second-order valence-corrected chi connectivity index (χ2v) is 3.39. The number of nitro groups is 1. The number of halogens is 1. The van der Waals surface area contributed by atoms with E-state index in [1.807, 2.05) is 0 Å². The lowest BCUT2D eigenvalue weighted by Gasteiger charge is -1.96. The van der Waals surface area contributed by atoms with Gasteiger partial charge in [0, 0.05) is 23.2 Å². The van der Waals surface area contributed by atoms with Crippen LogP contribution >= 0.6 is 15.9 Å². The first-order valence-corrected chi connectivity index (χ1v) is 4.39. The number of rotatable bonds is 1. The molecule has 1 heterocycles. The zero-order chi connectivity index (χ0) is 9.42. The third-order valence-electron chi connectivity index (χ3n) is 1.84. The topological polar surface area (TPSA) is 58.9 Å². The highest BCUT2D eigenvalue weighted by Gasteiger charge is 2.14. The fourth-order valence-corrected chi connectivity index (χ4v) is 1.85. The van der Waals surface area contributed by atoms with Crippen LogP contribution in [-0.4, -0.2) is 9.91 Å². The Morgan fingerprint density at radius 3 is 2.85 bits per heavy atom. The molecule has 0 aliphatic carbocycles. The minimum absolute atomic E-state index is 0.0899. The van der Waals surface area contributed by atoms with E-state index >= 15 is 0 Å². The average molecular weight is 241 g/mol. The number of nitrogens with zero attached hydrogens (tertiary/aromatic N) is 1. The van der Waals surface area contributed by atoms with Crippen LogP contribution < -0.4 is 0 Å². The smallest absolute Gasteiger partial charge is 0.284 e. The summed E-state index contributed by atoms with van der Waals surface area (Å²) in [7, 11) is 0. The van der Waals surface area contributed by atoms with Crippen molar-refractivity contribution in [2.24, 2.45) is 0 Å². The second kappa shape index (κ2) is 2.85. The monoisotopic (exact) mass is 240 g/mol. The van der Waals surface area contributed by atoms with Gasteiger partial charge >= 0.3 is 0 Å². The molecule has 0 atom stereocenters. The van der Waals surface area contributed by atoms with Crippen molar-refractivity contribution < 1.29 is 4.92 Å². The Balaban J connectivity index is 2.80. The van der Waals surface area contributed by atoms with Gasteiger partial charge in [0.2, 0.25) is 0 Å². The summed E-state index contributed by atoms with van der Waals surface area (Å²) in [5.74, 6) is 0. The van der Waals surface area contributed by atoms with Crippen molar-refractivity contribution in [2.75, 3.05) is 0 Å². The third kappa shape index (κ3) is 1.21. The summed E-state index contributed by atoms with van der Waals surface area (Å²) in [6.45, 7) is 0. The molecule has 4 nitrogen and oxygen atoms in total. The van der Waals surface area contributed by atoms with Crippen LogP contribution in [0.25, 0.3) is 10.9 Å². The summed E-state index contributed by atoms with van der Waals surface area (Å²) in [6.07, 6.45) is 1.75. The Bertz CT molecular complexity index is 478. The lowest BCUT2D eigenvalue weighted by molar-refractivity contribution is -0.385. The maximum Gasteiger partial charge on any atom is 0.284 e. The normalized spacial score (nSPS) is 10.5. The number of hydrogen-bond donors (Lipinski definition) is 1. The molecule has 0 bridgehead atoms. The van der Waals surface area contributed by atoms with Gasteiger partial charge in [0.05, 0.1) is 4.92 Å². The van der Waals surface area contributed by atoms with E-state index < -0.39 is 4.92 Å². The van der Waals surface area contributed by atoms with Crippen LogP contribution in [0.5, 0.6) is 0 Å². The highest BCUT2D eigenvalue weighted by molar-refractivity contribution is 9.10. The first-order valence-electron chi connectivity index (χ1n) is 3.60. The molecule has 2 rings (SSSR count). The molecular formula is C8H5BrN2O2. The van der Waals surface area contributed by atoms with Gasteiger partial charge in [0.1, 0.15) is 4.47 Å². The summed E-state index contributed by atoms with van der Waals surface area (Å²) in [4.78, 5) is 13.1. The van der Waals surface area contributed by atoms with Crippen molar-refractivity contribution in [1.82, 2.24) is 4.98 Å². The maximum atomic E-state index is 10.6. The number of aromatic amines is 1. The Labute approximate surface area is 81.8 Å². The first-order chi connectivity index (χ1) is 6.20. The summed E-state index contributed by atoms with van der Waals surface area (Å²) < 4.78 is 0.524. The first kappa shape index (κ1) is 8.25. The molecule has 5 heteroatoms. The van der Waals surface area contributed by atoms with Crippen molar-refractivity contribution >= 4 is 32.5 Å². The highest BCUT2D eigenvalue weighted by Crippen LogP contribution is 2.31. The van der Waals surface area contributed by atoms with Gasteiger partial charge in [-0.2, -0.15) is 0 Å². The molecule has 0 amide bonds. The number of nitro benzene ring substituents is 1. The lowest BCUT2D eigenvalue weighted by Crippen LogP contribution is -1.88. The fraction of sp³-hybridized carbons (Fsp3) is 0. The zero-order valence-corrected chi connectivity index (χ0v) is 8.04. The molecule has 0 aliphatic rings. The largest absolute Gasteiger partial charge is 0.361 e. The van der Waals surface area contributed by atoms with Gasteiger partial charge in [-0.05, 0) is 28.1 Å². The van der Waals surface area contributed by atoms with Gasteiger partial charge < -0.3 is 4.98 Å². The molecule has 0 spiro atoms. The summed E-state index contributed by atoms with van der Waals surface area (Å²) in [5.41, 5.74) is 0.976. The van der Waals surface area contributed by atoms with Crippen LogP contribution in [0.15, 0.2) is 28.9 Å². The van der Waals surface area contributed by atoms with Gasteiger partial charge in [-0.25, -0.2) is 0 Å². The fourth-order valence-electron chi connectivity index (χ4n) is 1.23.